The highest BCUT2D eigenvalue weighted by molar-refractivity contribution is 14.0. The SMILES string of the molecule is CN=C(NCc1ccc(OCCOC)cc1)NCC1(c2cccc(F)c2)CC1.I. The number of halogens is 2. The average Bonchev–Trinajstić information content (AvgIpc) is 3.51. The average molecular weight is 513 g/mol. The van der Waals surface area contributed by atoms with Gasteiger partial charge in [0, 0.05) is 32.7 Å². The first-order valence-corrected chi connectivity index (χ1v) is 9.56. The van der Waals surface area contributed by atoms with Gasteiger partial charge in [0.05, 0.1) is 6.61 Å². The maximum Gasteiger partial charge on any atom is 0.191 e. The van der Waals surface area contributed by atoms with E-state index in [9.17, 15) is 4.39 Å². The third-order valence-electron chi connectivity index (χ3n) is 5.05. The summed E-state index contributed by atoms with van der Waals surface area (Å²) in [5.74, 6) is 1.39. The molecule has 2 aromatic carbocycles. The number of hydrogen-bond acceptors (Lipinski definition) is 3. The van der Waals surface area contributed by atoms with Crippen molar-refractivity contribution in [3.8, 4) is 5.75 Å². The van der Waals surface area contributed by atoms with Crippen molar-refractivity contribution in [1.29, 1.82) is 0 Å². The lowest BCUT2D eigenvalue weighted by Gasteiger charge is -2.19. The minimum absolute atomic E-state index is 0. The molecule has 2 N–H and O–H groups in total. The van der Waals surface area contributed by atoms with Gasteiger partial charge in [-0.05, 0) is 48.2 Å². The maximum atomic E-state index is 13.5. The van der Waals surface area contributed by atoms with Crippen molar-refractivity contribution < 1.29 is 13.9 Å². The summed E-state index contributed by atoms with van der Waals surface area (Å²) in [4.78, 5) is 4.29. The van der Waals surface area contributed by atoms with Crippen LogP contribution in [-0.4, -0.2) is 39.9 Å². The second kappa shape index (κ2) is 11.3. The third kappa shape index (κ3) is 6.85. The van der Waals surface area contributed by atoms with E-state index >= 15 is 0 Å². The van der Waals surface area contributed by atoms with E-state index in [-0.39, 0.29) is 35.2 Å². The normalized spacial score (nSPS) is 14.7. The van der Waals surface area contributed by atoms with Crippen LogP contribution in [-0.2, 0) is 16.7 Å². The fraction of sp³-hybridized carbons (Fsp3) is 0.409. The number of methoxy groups -OCH3 is 1. The Hall–Kier alpha value is -1.87. The first-order valence-electron chi connectivity index (χ1n) is 9.56. The molecule has 1 aliphatic carbocycles. The number of guanidine groups is 1. The van der Waals surface area contributed by atoms with Crippen molar-refractivity contribution >= 4 is 29.9 Å². The van der Waals surface area contributed by atoms with E-state index < -0.39 is 0 Å². The zero-order valence-electron chi connectivity index (χ0n) is 16.9. The van der Waals surface area contributed by atoms with Crippen LogP contribution in [0.25, 0.3) is 0 Å². The molecule has 0 spiro atoms. The largest absolute Gasteiger partial charge is 0.491 e. The number of benzene rings is 2. The smallest absolute Gasteiger partial charge is 0.191 e. The minimum Gasteiger partial charge on any atom is -0.491 e. The Bertz CT molecular complexity index is 795. The molecule has 0 radical (unpaired) electrons. The molecule has 5 nitrogen and oxygen atoms in total. The highest BCUT2D eigenvalue weighted by atomic mass is 127. The van der Waals surface area contributed by atoms with E-state index in [1.165, 1.54) is 6.07 Å². The first-order chi connectivity index (χ1) is 13.6. The Morgan fingerprint density at radius 2 is 1.86 bits per heavy atom. The van der Waals surface area contributed by atoms with Crippen LogP contribution in [0.1, 0.15) is 24.0 Å². The van der Waals surface area contributed by atoms with Gasteiger partial charge in [0.25, 0.3) is 0 Å². The summed E-state index contributed by atoms with van der Waals surface area (Å²) in [7, 11) is 3.41. The summed E-state index contributed by atoms with van der Waals surface area (Å²) in [5.41, 5.74) is 2.20. The number of rotatable bonds is 9. The fourth-order valence-corrected chi connectivity index (χ4v) is 3.14. The lowest BCUT2D eigenvalue weighted by molar-refractivity contribution is 0.146. The van der Waals surface area contributed by atoms with Gasteiger partial charge in [0.2, 0.25) is 0 Å². The van der Waals surface area contributed by atoms with E-state index in [4.69, 9.17) is 9.47 Å². The second-order valence-electron chi connectivity index (χ2n) is 7.06. The third-order valence-corrected chi connectivity index (χ3v) is 5.05. The maximum absolute atomic E-state index is 13.5. The fourth-order valence-electron chi connectivity index (χ4n) is 3.14. The summed E-state index contributed by atoms with van der Waals surface area (Å²) >= 11 is 0. The molecular weight excluding hydrogens is 484 g/mol. The van der Waals surface area contributed by atoms with Crippen molar-refractivity contribution in [1.82, 2.24) is 10.6 Å². The van der Waals surface area contributed by atoms with Gasteiger partial charge in [-0.25, -0.2) is 4.39 Å². The van der Waals surface area contributed by atoms with Gasteiger partial charge >= 0.3 is 0 Å². The minimum atomic E-state index is -0.180. The van der Waals surface area contributed by atoms with Gasteiger partial charge in [-0.1, -0.05) is 24.3 Å². The lowest BCUT2D eigenvalue weighted by Crippen LogP contribution is -2.40. The van der Waals surface area contributed by atoms with E-state index in [1.54, 1.807) is 26.3 Å². The highest BCUT2D eigenvalue weighted by Gasteiger charge is 2.44. The van der Waals surface area contributed by atoms with Crippen molar-refractivity contribution in [2.24, 2.45) is 4.99 Å². The molecule has 1 fully saturated rings. The standard InChI is InChI=1S/C22H28FN3O2.HI/c1-24-21(25-15-17-6-8-20(9-7-17)28-13-12-27-2)26-16-22(10-11-22)18-4-3-5-19(23)14-18;/h3-9,14H,10-13,15-16H2,1-2H3,(H2,24,25,26);1H. The van der Waals surface area contributed by atoms with Crippen LogP contribution in [0.5, 0.6) is 5.75 Å². The van der Waals surface area contributed by atoms with E-state index in [1.807, 2.05) is 30.3 Å². The van der Waals surface area contributed by atoms with Crippen molar-refractivity contribution in [2.75, 3.05) is 33.9 Å². The number of hydrogen-bond donors (Lipinski definition) is 2. The van der Waals surface area contributed by atoms with Crippen molar-refractivity contribution in [3.63, 3.8) is 0 Å². The Labute approximate surface area is 189 Å². The molecule has 0 bridgehead atoms. The summed E-state index contributed by atoms with van der Waals surface area (Å²) in [6.45, 7) is 2.51. The van der Waals surface area contributed by atoms with E-state index in [0.29, 0.717) is 19.8 Å². The molecule has 2 aromatic rings. The molecule has 0 aromatic heterocycles. The molecule has 7 heteroatoms. The van der Waals surface area contributed by atoms with E-state index in [0.717, 1.165) is 42.2 Å². The summed E-state index contributed by atoms with van der Waals surface area (Å²) in [5, 5.41) is 6.71. The van der Waals surface area contributed by atoms with Crippen LogP contribution in [0.3, 0.4) is 0 Å². The summed E-state index contributed by atoms with van der Waals surface area (Å²) < 4.78 is 24.1. The molecule has 0 unspecified atom stereocenters. The molecule has 3 rings (SSSR count). The Balaban J connectivity index is 0.00000300. The molecule has 0 heterocycles. The quantitative estimate of drug-likeness (QED) is 0.232. The number of nitrogens with zero attached hydrogens (tertiary/aromatic N) is 1. The number of nitrogens with one attached hydrogen (secondary N) is 2. The molecule has 1 saturated carbocycles. The monoisotopic (exact) mass is 513 g/mol. The first kappa shape index (κ1) is 23.4. The zero-order chi connectivity index (χ0) is 19.8. The zero-order valence-corrected chi connectivity index (χ0v) is 19.2. The summed E-state index contributed by atoms with van der Waals surface area (Å²) in [6, 6.07) is 14.9. The van der Waals surface area contributed by atoms with Crippen LogP contribution in [0, 0.1) is 5.82 Å². The van der Waals surface area contributed by atoms with Crippen LogP contribution in [0.2, 0.25) is 0 Å². The molecular formula is C22H29FIN3O2. The van der Waals surface area contributed by atoms with Gasteiger partial charge in [-0.3, -0.25) is 4.99 Å². The Morgan fingerprint density at radius 1 is 1.10 bits per heavy atom. The Kier molecular flexibility index (Phi) is 9.16. The van der Waals surface area contributed by atoms with Crippen LogP contribution < -0.4 is 15.4 Å². The Morgan fingerprint density at radius 3 is 2.48 bits per heavy atom. The van der Waals surface area contributed by atoms with E-state index in [2.05, 4.69) is 15.6 Å². The van der Waals surface area contributed by atoms with Crippen LogP contribution in [0.15, 0.2) is 53.5 Å². The predicted molar refractivity (Wildman–Crippen MR) is 125 cm³/mol. The molecule has 29 heavy (non-hydrogen) atoms. The van der Waals surface area contributed by atoms with Gasteiger partial charge < -0.3 is 20.1 Å². The second-order valence-corrected chi connectivity index (χ2v) is 7.06. The number of ether oxygens (including phenoxy) is 2. The van der Waals surface area contributed by atoms with Gasteiger partial charge in [-0.15, -0.1) is 24.0 Å². The van der Waals surface area contributed by atoms with Crippen LogP contribution in [0.4, 0.5) is 4.39 Å². The molecule has 1 aliphatic rings. The van der Waals surface area contributed by atoms with Crippen molar-refractivity contribution in [2.45, 2.75) is 24.8 Å². The molecule has 0 aliphatic heterocycles. The topological polar surface area (TPSA) is 54.9 Å². The molecule has 158 valence electrons. The van der Waals surface area contributed by atoms with Crippen molar-refractivity contribution in [3.05, 3.63) is 65.5 Å². The lowest BCUT2D eigenvalue weighted by atomic mass is 9.96. The predicted octanol–water partition coefficient (Wildman–Crippen LogP) is 3.87. The number of aliphatic imine (C=N–C) groups is 1. The molecule has 0 saturated heterocycles. The molecule has 0 amide bonds. The van der Waals surface area contributed by atoms with Gasteiger partial charge in [0.15, 0.2) is 5.96 Å². The summed E-state index contributed by atoms with van der Waals surface area (Å²) in [6.07, 6.45) is 2.12. The van der Waals surface area contributed by atoms with Gasteiger partial charge in [0.1, 0.15) is 18.2 Å². The van der Waals surface area contributed by atoms with Gasteiger partial charge in [-0.2, -0.15) is 0 Å². The van der Waals surface area contributed by atoms with Crippen LogP contribution >= 0.6 is 24.0 Å². The molecule has 0 atom stereocenters. The highest BCUT2D eigenvalue weighted by Crippen LogP contribution is 2.47.